The molecule has 2 N–H and O–H groups in total. The van der Waals surface area contributed by atoms with E-state index in [-0.39, 0.29) is 6.61 Å². The van der Waals surface area contributed by atoms with Crippen molar-refractivity contribution in [2.75, 3.05) is 13.2 Å². The van der Waals surface area contributed by atoms with Crippen molar-refractivity contribution in [1.29, 1.82) is 0 Å². The van der Waals surface area contributed by atoms with E-state index in [0.29, 0.717) is 4.90 Å². The van der Waals surface area contributed by atoms with Gasteiger partial charge in [0.1, 0.15) is 12.0 Å². The Morgan fingerprint density at radius 1 is 1.39 bits per heavy atom. The van der Waals surface area contributed by atoms with Crippen LogP contribution in [0.3, 0.4) is 0 Å². The summed E-state index contributed by atoms with van der Waals surface area (Å²) in [7, 11) is 0. The lowest BCUT2D eigenvalue weighted by atomic mass is 10.0. The molecule has 1 fully saturated rings. The number of carboxylic acid groups (broad SMARTS) is 2. The Labute approximate surface area is 102 Å². The zero-order chi connectivity index (χ0) is 13.9. The van der Waals surface area contributed by atoms with Crippen molar-refractivity contribution in [2.24, 2.45) is 5.92 Å². The number of likely N-dealkylation sites (tertiary alicyclic amines) is 1. The SMILES string of the molecule is CCOC(=O)CC1C(=O)C(C(=O)O)CN1C(=O)O. The van der Waals surface area contributed by atoms with E-state index in [4.69, 9.17) is 10.2 Å². The number of hydrogen-bond acceptors (Lipinski definition) is 5. The fourth-order valence-electron chi connectivity index (χ4n) is 1.80. The number of carbonyl (C=O) groups is 4. The summed E-state index contributed by atoms with van der Waals surface area (Å²) < 4.78 is 4.62. The van der Waals surface area contributed by atoms with E-state index in [1.54, 1.807) is 6.92 Å². The summed E-state index contributed by atoms with van der Waals surface area (Å²) >= 11 is 0. The molecule has 0 radical (unpaired) electrons. The van der Waals surface area contributed by atoms with Crippen molar-refractivity contribution in [3.8, 4) is 0 Å². The molecule has 0 aromatic heterocycles. The quantitative estimate of drug-likeness (QED) is 0.519. The first kappa shape index (κ1) is 13.9. The molecule has 0 aromatic rings. The standard InChI is InChI=1S/C10H13NO7/c1-2-18-7(12)3-6-8(13)5(9(14)15)4-11(6)10(16)17/h5-6H,2-4H2,1H3,(H,14,15)(H,16,17). The largest absolute Gasteiger partial charge is 0.481 e. The van der Waals surface area contributed by atoms with Crippen LogP contribution in [-0.2, 0) is 19.1 Å². The lowest BCUT2D eigenvalue weighted by Crippen LogP contribution is -2.39. The highest BCUT2D eigenvalue weighted by molar-refractivity contribution is 6.06. The molecule has 0 bridgehead atoms. The zero-order valence-electron chi connectivity index (χ0n) is 9.66. The van der Waals surface area contributed by atoms with Gasteiger partial charge < -0.3 is 14.9 Å². The van der Waals surface area contributed by atoms with Gasteiger partial charge in [-0.05, 0) is 6.92 Å². The van der Waals surface area contributed by atoms with Gasteiger partial charge in [-0.1, -0.05) is 0 Å². The van der Waals surface area contributed by atoms with Gasteiger partial charge in [-0.25, -0.2) is 4.79 Å². The molecule has 0 saturated carbocycles. The van der Waals surface area contributed by atoms with Gasteiger partial charge in [0.05, 0.1) is 13.0 Å². The van der Waals surface area contributed by atoms with Gasteiger partial charge >= 0.3 is 18.0 Å². The van der Waals surface area contributed by atoms with E-state index in [2.05, 4.69) is 4.74 Å². The predicted molar refractivity (Wildman–Crippen MR) is 55.9 cm³/mol. The number of esters is 1. The van der Waals surface area contributed by atoms with Gasteiger partial charge in [0.2, 0.25) is 0 Å². The Bertz CT molecular complexity index is 392. The van der Waals surface area contributed by atoms with Crippen LogP contribution in [0.4, 0.5) is 4.79 Å². The number of ether oxygens (including phenoxy) is 1. The highest BCUT2D eigenvalue weighted by Gasteiger charge is 2.47. The highest BCUT2D eigenvalue weighted by Crippen LogP contribution is 2.23. The molecule has 1 amide bonds. The van der Waals surface area contributed by atoms with Crippen LogP contribution in [0.15, 0.2) is 0 Å². The molecule has 1 saturated heterocycles. The summed E-state index contributed by atoms with van der Waals surface area (Å²) in [4.78, 5) is 45.3. The Balaban J connectivity index is 2.84. The molecule has 0 aliphatic carbocycles. The van der Waals surface area contributed by atoms with Crippen LogP contribution in [0.1, 0.15) is 13.3 Å². The number of nitrogens with zero attached hydrogens (tertiary/aromatic N) is 1. The molecule has 8 heteroatoms. The second-order valence-corrected chi connectivity index (χ2v) is 3.75. The second-order valence-electron chi connectivity index (χ2n) is 3.75. The molecule has 18 heavy (non-hydrogen) atoms. The fourth-order valence-corrected chi connectivity index (χ4v) is 1.80. The molecule has 1 rings (SSSR count). The minimum absolute atomic E-state index is 0.106. The summed E-state index contributed by atoms with van der Waals surface area (Å²) in [5, 5.41) is 17.7. The first-order valence-corrected chi connectivity index (χ1v) is 5.30. The topological polar surface area (TPSA) is 121 Å². The summed E-state index contributed by atoms with van der Waals surface area (Å²) in [6.45, 7) is 1.24. The fraction of sp³-hybridized carbons (Fsp3) is 0.600. The molecule has 0 aromatic carbocycles. The number of amides is 1. The van der Waals surface area contributed by atoms with E-state index in [9.17, 15) is 19.2 Å². The number of aliphatic carboxylic acids is 1. The molecule has 2 unspecified atom stereocenters. The van der Waals surface area contributed by atoms with Gasteiger partial charge in [0.15, 0.2) is 5.78 Å². The molecule has 100 valence electrons. The van der Waals surface area contributed by atoms with Crippen LogP contribution < -0.4 is 0 Å². The first-order valence-electron chi connectivity index (χ1n) is 5.30. The van der Waals surface area contributed by atoms with Gasteiger partial charge in [-0.3, -0.25) is 19.3 Å². The van der Waals surface area contributed by atoms with Crippen LogP contribution in [0, 0.1) is 5.92 Å². The maximum Gasteiger partial charge on any atom is 0.407 e. The summed E-state index contributed by atoms with van der Waals surface area (Å²) in [5.41, 5.74) is 0. The highest BCUT2D eigenvalue weighted by atomic mass is 16.5. The lowest BCUT2D eigenvalue weighted by Gasteiger charge is -2.18. The minimum Gasteiger partial charge on any atom is -0.481 e. The Morgan fingerprint density at radius 2 is 2.00 bits per heavy atom. The van der Waals surface area contributed by atoms with Gasteiger partial charge in [-0.15, -0.1) is 0 Å². The Morgan fingerprint density at radius 3 is 2.44 bits per heavy atom. The van der Waals surface area contributed by atoms with Crippen molar-refractivity contribution in [1.82, 2.24) is 4.90 Å². The molecule has 8 nitrogen and oxygen atoms in total. The molecule has 2 atom stereocenters. The molecule has 1 heterocycles. The molecular weight excluding hydrogens is 246 g/mol. The normalized spacial score (nSPS) is 22.9. The molecule has 1 aliphatic rings. The van der Waals surface area contributed by atoms with Crippen LogP contribution in [0.25, 0.3) is 0 Å². The van der Waals surface area contributed by atoms with Crippen LogP contribution >= 0.6 is 0 Å². The van der Waals surface area contributed by atoms with Gasteiger partial charge in [-0.2, -0.15) is 0 Å². The van der Waals surface area contributed by atoms with Crippen molar-refractivity contribution < 1.29 is 34.1 Å². The van der Waals surface area contributed by atoms with Crippen LogP contribution in [-0.4, -0.2) is 58.1 Å². The monoisotopic (exact) mass is 259 g/mol. The smallest absolute Gasteiger partial charge is 0.407 e. The number of ketones is 1. The minimum atomic E-state index is -1.43. The van der Waals surface area contributed by atoms with Crippen molar-refractivity contribution in [2.45, 2.75) is 19.4 Å². The summed E-state index contributed by atoms with van der Waals surface area (Å²) in [5.74, 6) is -4.32. The van der Waals surface area contributed by atoms with Crippen LogP contribution in [0.2, 0.25) is 0 Å². The van der Waals surface area contributed by atoms with Crippen molar-refractivity contribution in [3.05, 3.63) is 0 Å². The third kappa shape index (κ3) is 2.76. The maximum absolute atomic E-state index is 11.7. The first-order chi connectivity index (χ1) is 8.38. The maximum atomic E-state index is 11.7. The molecule has 0 spiro atoms. The molecule has 1 aliphatic heterocycles. The Kier molecular flexibility index (Phi) is 4.24. The van der Waals surface area contributed by atoms with Gasteiger partial charge in [0.25, 0.3) is 0 Å². The van der Waals surface area contributed by atoms with E-state index < -0.39 is 48.7 Å². The molecular formula is C10H13NO7. The number of rotatable bonds is 4. The van der Waals surface area contributed by atoms with Crippen molar-refractivity contribution in [3.63, 3.8) is 0 Å². The number of carboxylic acids is 1. The second kappa shape index (κ2) is 5.48. The third-order valence-electron chi connectivity index (χ3n) is 2.64. The average molecular weight is 259 g/mol. The van der Waals surface area contributed by atoms with E-state index in [0.717, 1.165) is 0 Å². The summed E-state index contributed by atoms with van der Waals surface area (Å²) in [6, 6.07) is -1.28. The van der Waals surface area contributed by atoms with E-state index in [1.165, 1.54) is 0 Å². The number of hydrogen-bond donors (Lipinski definition) is 2. The average Bonchev–Trinajstić information content (AvgIpc) is 2.57. The van der Waals surface area contributed by atoms with E-state index in [1.807, 2.05) is 0 Å². The Hall–Kier alpha value is -2.12. The number of carbonyl (C=O) groups excluding carboxylic acids is 2. The zero-order valence-corrected chi connectivity index (χ0v) is 9.66. The number of Topliss-reactive ketones (excluding diaryl/α,β-unsaturated/α-hetero) is 1. The van der Waals surface area contributed by atoms with Gasteiger partial charge in [0, 0.05) is 6.54 Å². The predicted octanol–water partition coefficient (Wildman–Crippen LogP) is -0.428. The lowest BCUT2D eigenvalue weighted by molar-refractivity contribution is -0.148. The third-order valence-corrected chi connectivity index (χ3v) is 2.64. The summed E-state index contributed by atoms with van der Waals surface area (Å²) in [6.07, 6.45) is -1.88. The van der Waals surface area contributed by atoms with Crippen LogP contribution in [0.5, 0.6) is 0 Å². The van der Waals surface area contributed by atoms with E-state index >= 15 is 0 Å². The van der Waals surface area contributed by atoms with Crippen molar-refractivity contribution >= 4 is 23.8 Å².